The van der Waals surface area contributed by atoms with E-state index in [1.807, 2.05) is 24.5 Å². The topological polar surface area (TPSA) is 93.4 Å². The highest BCUT2D eigenvalue weighted by Crippen LogP contribution is 2.27. The van der Waals surface area contributed by atoms with Gasteiger partial charge in [0.2, 0.25) is 0 Å². The average molecular weight is 501 g/mol. The monoisotopic (exact) mass is 500 g/mol. The Morgan fingerprint density at radius 2 is 1.71 bits per heavy atom. The van der Waals surface area contributed by atoms with Gasteiger partial charge in [0, 0.05) is 25.0 Å². The summed E-state index contributed by atoms with van der Waals surface area (Å²) in [5, 5.41) is 0. The molecule has 180 valence electrons. The van der Waals surface area contributed by atoms with Crippen LogP contribution in [0.15, 0.2) is 63.1 Å². The highest BCUT2D eigenvalue weighted by atomic mass is 32.2. The molecule has 1 aliphatic rings. The third-order valence-corrected chi connectivity index (χ3v) is 8.29. The van der Waals surface area contributed by atoms with Crippen molar-refractivity contribution < 1.29 is 13.2 Å². The Morgan fingerprint density at radius 1 is 1.03 bits per heavy atom. The van der Waals surface area contributed by atoms with E-state index in [0.717, 1.165) is 24.2 Å². The van der Waals surface area contributed by atoms with Crippen molar-refractivity contribution in [3.63, 3.8) is 0 Å². The molecule has 34 heavy (non-hydrogen) atoms. The molecule has 1 N–H and O–H groups in total. The van der Waals surface area contributed by atoms with Crippen LogP contribution in [0.5, 0.6) is 0 Å². The Kier molecular flexibility index (Phi) is 6.90. The highest BCUT2D eigenvalue weighted by Gasteiger charge is 2.26. The van der Waals surface area contributed by atoms with Crippen molar-refractivity contribution in [2.24, 2.45) is 7.05 Å². The molecule has 0 atom stereocenters. The van der Waals surface area contributed by atoms with E-state index in [4.69, 9.17) is 0 Å². The zero-order valence-electron chi connectivity index (χ0n) is 19.4. The lowest BCUT2D eigenvalue weighted by atomic mass is 10.1. The zero-order chi connectivity index (χ0) is 24.5. The zero-order valence-corrected chi connectivity index (χ0v) is 21.1. The smallest absolute Gasteiger partial charge is 0.296 e. The van der Waals surface area contributed by atoms with E-state index in [1.54, 1.807) is 41.8 Å². The van der Waals surface area contributed by atoms with Crippen molar-refractivity contribution in [3.8, 4) is 5.69 Å². The first-order valence-corrected chi connectivity index (χ1v) is 13.8. The van der Waals surface area contributed by atoms with Crippen LogP contribution in [0, 0.1) is 6.92 Å². The van der Waals surface area contributed by atoms with Gasteiger partial charge in [0.1, 0.15) is 5.69 Å². The molecule has 0 saturated carbocycles. The minimum Gasteiger partial charge on any atom is -0.339 e. The van der Waals surface area contributed by atoms with Crippen LogP contribution in [0.4, 0.5) is 5.69 Å². The number of para-hydroxylation sites is 1. The number of thioether (sulfide) groups is 1. The second-order valence-electron chi connectivity index (χ2n) is 8.26. The van der Waals surface area contributed by atoms with Crippen LogP contribution in [0.3, 0.4) is 0 Å². The number of nitrogens with one attached hydrogen (secondary N) is 1. The largest absolute Gasteiger partial charge is 0.339 e. The predicted octanol–water partition coefficient (Wildman–Crippen LogP) is 3.63. The van der Waals surface area contributed by atoms with Gasteiger partial charge in [-0.25, -0.2) is 13.1 Å². The van der Waals surface area contributed by atoms with Gasteiger partial charge in [-0.2, -0.15) is 0 Å². The van der Waals surface area contributed by atoms with Gasteiger partial charge < -0.3 is 4.90 Å². The van der Waals surface area contributed by atoms with Crippen molar-refractivity contribution in [2.75, 3.05) is 24.1 Å². The third-order valence-electron chi connectivity index (χ3n) is 6.15. The Morgan fingerprint density at radius 3 is 2.35 bits per heavy atom. The van der Waals surface area contributed by atoms with E-state index in [0.29, 0.717) is 30.0 Å². The maximum absolute atomic E-state index is 13.3. The summed E-state index contributed by atoms with van der Waals surface area (Å²) in [4.78, 5) is 28.8. The lowest BCUT2D eigenvalue weighted by Crippen LogP contribution is -2.36. The molecule has 1 fully saturated rings. The van der Waals surface area contributed by atoms with Crippen molar-refractivity contribution >= 4 is 33.4 Å². The fourth-order valence-electron chi connectivity index (χ4n) is 4.17. The van der Waals surface area contributed by atoms with Crippen LogP contribution in [0.2, 0.25) is 0 Å². The number of carbonyl (C=O) groups excluding carboxylic acids is 1. The molecule has 0 bridgehead atoms. The quantitative estimate of drug-likeness (QED) is 0.522. The maximum atomic E-state index is 13.3. The first-order chi connectivity index (χ1) is 16.2. The molecule has 1 aliphatic heterocycles. The van der Waals surface area contributed by atoms with E-state index in [-0.39, 0.29) is 16.5 Å². The number of benzene rings is 2. The molecule has 1 saturated heterocycles. The molecule has 3 aromatic rings. The molecule has 2 heterocycles. The number of sulfonamides is 1. The number of hydrogen-bond donors (Lipinski definition) is 1. The summed E-state index contributed by atoms with van der Waals surface area (Å²) in [6, 6.07) is 13.5. The third kappa shape index (κ3) is 4.52. The molecule has 10 heteroatoms. The fraction of sp³-hybridized carbons (Fsp3) is 0.333. The summed E-state index contributed by atoms with van der Waals surface area (Å²) in [5.41, 5.74) is 0.971. The van der Waals surface area contributed by atoms with Gasteiger partial charge in [-0.05, 0) is 62.8 Å². The van der Waals surface area contributed by atoms with E-state index < -0.39 is 15.6 Å². The van der Waals surface area contributed by atoms with Crippen LogP contribution in [-0.2, 0) is 17.1 Å². The summed E-state index contributed by atoms with van der Waals surface area (Å²) in [5.74, 6) is -0.163. The molecule has 2 aromatic carbocycles. The number of nitrogens with zero attached hydrogens (tertiary/aromatic N) is 3. The van der Waals surface area contributed by atoms with E-state index >= 15 is 0 Å². The van der Waals surface area contributed by atoms with E-state index in [1.165, 1.54) is 28.6 Å². The van der Waals surface area contributed by atoms with Gasteiger partial charge in [-0.15, -0.1) is 11.8 Å². The van der Waals surface area contributed by atoms with Gasteiger partial charge in [0.05, 0.1) is 21.8 Å². The maximum Gasteiger partial charge on any atom is 0.296 e. The molecule has 8 nitrogen and oxygen atoms in total. The van der Waals surface area contributed by atoms with Gasteiger partial charge in [-0.1, -0.05) is 18.2 Å². The number of hydrogen-bond acceptors (Lipinski definition) is 5. The second-order valence-corrected chi connectivity index (χ2v) is 10.8. The molecule has 1 amide bonds. The normalized spacial score (nSPS) is 14.3. The Hall–Kier alpha value is -2.98. The molecule has 0 aliphatic carbocycles. The summed E-state index contributed by atoms with van der Waals surface area (Å²) < 4.78 is 32.1. The fourth-order valence-corrected chi connectivity index (χ4v) is 5.88. The Balaban J connectivity index is 1.71. The Bertz CT molecular complexity index is 1370. The summed E-state index contributed by atoms with van der Waals surface area (Å²) in [6.07, 6.45) is 4.84. The first-order valence-electron chi connectivity index (χ1n) is 11.1. The molecule has 0 unspecified atom stereocenters. The van der Waals surface area contributed by atoms with Crippen LogP contribution < -0.4 is 10.3 Å². The van der Waals surface area contributed by atoms with Crippen LogP contribution in [-0.4, -0.2) is 47.9 Å². The number of rotatable bonds is 6. The number of likely N-dealkylation sites (tertiary alicyclic amines) is 1. The Labute approximate surface area is 203 Å². The minimum absolute atomic E-state index is 0.0239. The predicted molar refractivity (Wildman–Crippen MR) is 135 cm³/mol. The summed E-state index contributed by atoms with van der Waals surface area (Å²) in [7, 11) is -2.41. The number of piperidine rings is 1. The molecule has 1 aromatic heterocycles. The molecular weight excluding hydrogens is 472 g/mol. The van der Waals surface area contributed by atoms with Crippen molar-refractivity contribution in [1.29, 1.82) is 0 Å². The van der Waals surface area contributed by atoms with Crippen molar-refractivity contribution in [3.05, 3.63) is 70.1 Å². The number of anilines is 1. The standard InChI is InChI=1S/C24H28N4O4S2/c1-17-22(24(30)28(26(17)2)18-10-6-4-7-11-18)25-34(31,32)19-12-13-21(33-3)20(16-19)23(29)27-14-8-5-9-15-27/h4,6-7,10-13,16,25H,5,8-9,14-15H2,1-3H3. The summed E-state index contributed by atoms with van der Waals surface area (Å²) in [6.45, 7) is 3.02. The molecular formula is C24H28N4O4S2. The SMILES string of the molecule is CSc1ccc(S(=O)(=O)Nc2c(C)n(C)n(-c3ccccc3)c2=O)cc1C(=O)N1CCCCC1. The summed E-state index contributed by atoms with van der Waals surface area (Å²) >= 11 is 1.40. The number of amides is 1. The van der Waals surface area contributed by atoms with Gasteiger partial charge >= 0.3 is 0 Å². The lowest BCUT2D eigenvalue weighted by Gasteiger charge is -2.27. The van der Waals surface area contributed by atoms with Crippen LogP contribution in [0.1, 0.15) is 35.3 Å². The molecule has 0 spiro atoms. The second kappa shape index (κ2) is 9.71. The van der Waals surface area contributed by atoms with E-state index in [9.17, 15) is 18.0 Å². The van der Waals surface area contributed by atoms with Crippen LogP contribution in [0.25, 0.3) is 5.69 Å². The van der Waals surface area contributed by atoms with Crippen molar-refractivity contribution in [2.45, 2.75) is 36.0 Å². The average Bonchev–Trinajstić information content (AvgIpc) is 3.06. The van der Waals surface area contributed by atoms with Crippen LogP contribution >= 0.6 is 11.8 Å². The molecule has 0 radical (unpaired) electrons. The first kappa shape index (κ1) is 24.2. The van der Waals surface area contributed by atoms with Gasteiger partial charge in [0.25, 0.3) is 21.5 Å². The van der Waals surface area contributed by atoms with Gasteiger partial charge in [0.15, 0.2) is 0 Å². The van der Waals surface area contributed by atoms with Gasteiger partial charge in [-0.3, -0.25) is 19.0 Å². The van der Waals surface area contributed by atoms with Crippen molar-refractivity contribution in [1.82, 2.24) is 14.3 Å². The minimum atomic E-state index is -4.11. The number of aromatic nitrogens is 2. The lowest BCUT2D eigenvalue weighted by molar-refractivity contribution is 0.0720. The highest BCUT2D eigenvalue weighted by molar-refractivity contribution is 7.98. The number of carbonyl (C=O) groups is 1. The van der Waals surface area contributed by atoms with E-state index in [2.05, 4.69) is 4.72 Å². The molecule has 4 rings (SSSR count).